The number of fused-ring (bicyclic) bond motifs is 1. The van der Waals surface area contributed by atoms with Gasteiger partial charge in [0.15, 0.2) is 0 Å². The summed E-state index contributed by atoms with van der Waals surface area (Å²) < 4.78 is 4.75. The normalized spacial score (nSPS) is 10.5. The van der Waals surface area contributed by atoms with Crippen LogP contribution in [0, 0.1) is 6.92 Å². The van der Waals surface area contributed by atoms with E-state index in [2.05, 4.69) is 10.3 Å². The van der Waals surface area contributed by atoms with Crippen molar-refractivity contribution in [3.8, 4) is 0 Å². The van der Waals surface area contributed by atoms with Gasteiger partial charge in [-0.25, -0.2) is 4.79 Å². The SMILES string of the molecule is COC(=O)c1cccc(Nc2c(CC(=O)O)c(C)nc3ccccc23)c1. The number of carboxylic acids is 1. The van der Waals surface area contributed by atoms with Crippen molar-refractivity contribution in [3.05, 3.63) is 65.4 Å². The quantitative estimate of drug-likeness (QED) is 0.682. The molecule has 1 aromatic heterocycles. The number of ether oxygens (including phenoxy) is 1. The molecule has 2 N–H and O–H groups in total. The highest BCUT2D eigenvalue weighted by Crippen LogP contribution is 2.31. The van der Waals surface area contributed by atoms with Crippen LogP contribution < -0.4 is 5.32 Å². The lowest BCUT2D eigenvalue weighted by atomic mass is 10.0. The topological polar surface area (TPSA) is 88.5 Å². The largest absolute Gasteiger partial charge is 0.481 e. The molecule has 0 fully saturated rings. The summed E-state index contributed by atoms with van der Waals surface area (Å²) in [6.07, 6.45) is -0.150. The molecule has 0 radical (unpaired) electrons. The molecule has 0 amide bonds. The molecule has 1 heterocycles. The first kappa shape index (κ1) is 17.4. The van der Waals surface area contributed by atoms with E-state index in [0.29, 0.717) is 28.2 Å². The number of anilines is 2. The van der Waals surface area contributed by atoms with Gasteiger partial charge in [-0.15, -0.1) is 0 Å². The number of esters is 1. The number of carboxylic acid groups (broad SMARTS) is 1. The van der Waals surface area contributed by atoms with Crippen LogP contribution in [-0.2, 0) is 16.0 Å². The number of pyridine rings is 1. The Morgan fingerprint density at radius 1 is 1.15 bits per heavy atom. The van der Waals surface area contributed by atoms with E-state index in [1.54, 1.807) is 25.1 Å². The molecule has 0 bridgehead atoms. The predicted octanol–water partition coefficient (Wildman–Crippen LogP) is 3.70. The number of aromatic nitrogens is 1. The van der Waals surface area contributed by atoms with Gasteiger partial charge < -0.3 is 15.2 Å². The average Bonchev–Trinajstić information content (AvgIpc) is 2.63. The molecule has 0 saturated carbocycles. The summed E-state index contributed by atoms with van der Waals surface area (Å²) >= 11 is 0. The molecular weight excluding hydrogens is 332 g/mol. The fourth-order valence-corrected chi connectivity index (χ4v) is 2.87. The number of para-hydroxylation sites is 1. The number of nitrogens with zero attached hydrogens (tertiary/aromatic N) is 1. The monoisotopic (exact) mass is 350 g/mol. The predicted molar refractivity (Wildman–Crippen MR) is 98.9 cm³/mol. The van der Waals surface area contributed by atoms with E-state index < -0.39 is 11.9 Å². The van der Waals surface area contributed by atoms with Crippen LogP contribution >= 0.6 is 0 Å². The Morgan fingerprint density at radius 2 is 1.92 bits per heavy atom. The summed E-state index contributed by atoms with van der Waals surface area (Å²) in [5, 5.41) is 13.4. The first-order chi connectivity index (χ1) is 12.5. The van der Waals surface area contributed by atoms with E-state index in [4.69, 9.17) is 4.74 Å². The molecule has 132 valence electrons. The molecule has 0 aliphatic carbocycles. The Hall–Kier alpha value is -3.41. The fourth-order valence-electron chi connectivity index (χ4n) is 2.87. The van der Waals surface area contributed by atoms with Crippen molar-refractivity contribution in [1.82, 2.24) is 4.98 Å². The zero-order valence-electron chi connectivity index (χ0n) is 14.4. The minimum atomic E-state index is -0.934. The summed E-state index contributed by atoms with van der Waals surface area (Å²) in [7, 11) is 1.33. The van der Waals surface area contributed by atoms with Gasteiger partial charge in [-0.3, -0.25) is 9.78 Å². The van der Waals surface area contributed by atoms with Crippen LogP contribution in [0.3, 0.4) is 0 Å². The second-order valence-corrected chi connectivity index (χ2v) is 5.84. The van der Waals surface area contributed by atoms with Gasteiger partial charge in [0.2, 0.25) is 0 Å². The van der Waals surface area contributed by atoms with Crippen LogP contribution in [0.1, 0.15) is 21.6 Å². The Morgan fingerprint density at radius 3 is 2.65 bits per heavy atom. The van der Waals surface area contributed by atoms with Crippen LogP contribution in [-0.4, -0.2) is 29.1 Å². The van der Waals surface area contributed by atoms with Crippen molar-refractivity contribution >= 4 is 34.2 Å². The van der Waals surface area contributed by atoms with Gasteiger partial charge in [-0.2, -0.15) is 0 Å². The summed E-state index contributed by atoms with van der Waals surface area (Å²) in [6.45, 7) is 1.79. The zero-order chi connectivity index (χ0) is 18.7. The van der Waals surface area contributed by atoms with Gasteiger partial charge >= 0.3 is 11.9 Å². The zero-order valence-corrected chi connectivity index (χ0v) is 14.4. The summed E-state index contributed by atoms with van der Waals surface area (Å²) in [5.74, 6) is -1.37. The van der Waals surface area contributed by atoms with Gasteiger partial charge in [-0.05, 0) is 31.2 Å². The molecule has 6 heteroatoms. The highest BCUT2D eigenvalue weighted by molar-refractivity contribution is 5.97. The first-order valence-corrected chi connectivity index (χ1v) is 8.05. The highest BCUT2D eigenvalue weighted by atomic mass is 16.5. The lowest BCUT2D eigenvalue weighted by Gasteiger charge is -2.16. The van der Waals surface area contributed by atoms with Crippen molar-refractivity contribution < 1.29 is 19.4 Å². The molecule has 0 aliphatic rings. The van der Waals surface area contributed by atoms with Crippen LogP contribution in [0.2, 0.25) is 0 Å². The Balaban J connectivity index is 2.14. The standard InChI is InChI=1S/C20H18N2O4/c1-12-16(11-18(23)24)19(15-8-3-4-9-17(15)21-12)22-14-7-5-6-13(10-14)20(25)26-2/h3-10H,11H2,1-2H3,(H,21,22)(H,23,24). The second-order valence-electron chi connectivity index (χ2n) is 5.84. The number of carbonyl (C=O) groups is 2. The average molecular weight is 350 g/mol. The lowest BCUT2D eigenvalue weighted by molar-refractivity contribution is -0.136. The van der Waals surface area contributed by atoms with Gasteiger partial charge in [0.1, 0.15) is 0 Å². The third-order valence-corrected chi connectivity index (χ3v) is 4.08. The van der Waals surface area contributed by atoms with Crippen LogP contribution in [0.4, 0.5) is 11.4 Å². The number of aryl methyl sites for hydroxylation is 1. The number of aliphatic carboxylic acids is 1. The van der Waals surface area contributed by atoms with Gasteiger partial charge in [0.05, 0.1) is 30.3 Å². The third-order valence-electron chi connectivity index (χ3n) is 4.08. The molecule has 0 saturated heterocycles. The molecule has 0 spiro atoms. The molecular formula is C20H18N2O4. The minimum Gasteiger partial charge on any atom is -0.481 e. The highest BCUT2D eigenvalue weighted by Gasteiger charge is 2.16. The molecule has 3 aromatic rings. The van der Waals surface area contributed by atoms with E-state index in [9.17, 15) is 14.7 Å². The maximum absolute atomic E-state index is 11.8. The molecule has 26 heavy (non-hydrogen) atoms. The molecule has 0 aliphatic heterocycles. The minimum absolute atomic E-state index is 0.150. The third kappa shape index (κ3) is 3.49. The van der Waals surface area contributed by atoms with Crippen LogP contribution in [0.25, 0.3) is 10.9 Å². The number of rotatable bonds is 5. The van der Waals surface area contributed by atoms with E-state index in [0.717, 1.165) is 10.9 Å². The summed E-state index contributed by atoms with van der Waals surface area (Å²) in [6, 6.07) is 14.4. The van der Waals surface area contributed by atoms with Crippen LogP contribution in [0.15, 0.2) is 48.5 Å². The maximum Gasteiger partial charge on any atom is 0.337 e. The molecule has 6 nitrogen and oxygen atoms in total. The molecule has 2 aromatic carbocycles. The Labute approximate surface area is 150 Å². The van der Waals surface area contributed by atoms with Crippen molar-refractivity contribution in [2.24, 2.45) is 0 Å². The van der Waals surface area contributed by atoms with E-state index in [-0.39, 0.29) is 6.42 Å². The van der Waals surface area contributed by atoms with Gasteiger partial charge in [0.25, 0.3) is 0 Å². The number of carbonyl (C=O) groups excluding carboxylic acids is 1. The Kier molecular flexibility index (Phi) is 4.84. The summed E-state index contributed by atoms with van der Waals surface area (Å²) in [4.78, 5) is 27.6. The Bertz CT molecular complexity index is 998. The lowest BCUT2D eigenvalue weighted by Crippen LogP contribution is -2.08. The number of benzene rings is 2. The summed E-state index contributed by atoms with van der Waals surface area (Å²) in [5.41, 5.74) is 3.78. The first-order valence-electron chi connectivity index (χ1n) is 8.05. The van der Waals surface area contributed by atoms with Crippen molar-refractivity contribution in [2.75, 3.05) is 12.4 Å². The second kappa shape index (κ2) is 7.23. The fraction of sp³-hybridized carbons (Fsp3) is 0.150. The number of methoxy groups -OCH3 is 1. The number of hydrogen-bond acceptors (Lipinski definition) is 5. The number of hydrogen-bond donors (Lipinski definition) is 2. The van der Waals surface area contributed by atoms with Gasteiger partial charge in [-0.1, -0.05) is 24.3 Å². The van der Waals surface area contributed by atoms with E-state index >= 15 is 0 Å². The smallest absolute Gasteiger partial charge is 0.337 e. The molecule has 0 unspecified atom stereocenters. The van der Waals surface area contributed by atoms with Crippen molar-refractivity contribution in [3.63, 3.8) is 0 Å². The maximum atomic E-state index is 11.8. The van der Waals surface area contributed by atoms with Crippen molar-refractivity contribution in [2.45, 2.75) is 13.3 Å². The van der Waals surface area contributed by atoms with Crippen molar-refractivity contribution in [1.29, 1.82) is 0 Å². The van der Waals surface area contributed by atoms with Crippen LogP contribution in [0.5, 0.6) is 0 Å². The van der Waals surface area contributed by atoms with E-state index in [1.165, 1.54) is 7.11 Å². The molecule has 3 rings (SSSR count). The molecule has 0 atom stereocenters. The van der Waals surface area contributed by atoms with E-state index in [1.807, 2.05) is 30.3 Å². The van der Waals surface area contributed by atoms with Gasteiger partial charge in [0, 0.05) is 22.3 Å². The number of nitrogens with one attached hydrogen (secondary N) is 1.